The molecule has 2 aliphatic carbocycles. The number of carbonyl (C=O) groups excluding carboxylic acids is 1. The van der Waals surface area contributed by atoms with Crippen LogP contribution in [0, 0.1) is 24.7 Å². The van der Waals surface area contributed by atoms with Gasteiger partial charge in [-0.25, -0.2) is 4.98 Å². The normalized spacial score (nSPS) is 23.6. The van der Waals surface area contributed by atoms with Crippen molar-refractivity contribution in [1.29, 1.82) is 0 Å². The first-order valence-electron chi connectivity index (χ1n) is 11.0. The molecule has 1 N–H and O–H groups in total. The molecule has 0 saturated heterocycles. The molecule has 5 rings (SSSR count). The third kappa shape index (κ3) is 3.39. The van der Waals surface area contributed by atoms with Gasteiger partial charge in [-0.15, -0.1) is 0 Å². The van der Waals surface area contributed by atoms with Crippen LogP contribution in [0.5, 0.6) is 0 Å². The molecule has 30 heavy (non-hydrogen) atoms. The first kappa shape index (κ1) is 19.6. The SMILES string of the molecule is Cc1c(-c2cccc(Cl)c2)nc2ccccc2c1C(=O)N[C@H](C)[C@H]1C[C@H]2CC[C@H]1C2. The van der Waals surface area contributed by atoms with Crippen molar-refractivity contribution >= 4 is 28.4 Å². The summed E-state index contributed by atoms with van der Waals surface area (Å²) in [6.07, 6.45) is 5.31. The lowest BCUT2D eigenvalue weighted by molar-refractivity contribution is 0.0916. The maximum absolute atomic E-state index is 13.5. The van der Waals surface area contributed by atoms with E-state index in [0.29, 0.717) is 10.9 Å². The highest BCUT2D eigenvalue weighted by Gasteiger charge is 2.42. The second-order valence-electron chi connectivity index (χ2n) is 9.09. The Bertz CT molecular complexity index is 1130. The molecule has 1 heterocycles. The van der Waals surface area contributed by atoms with E-state index in [1.807, 2.05) is 55.5 Å². The van der Waals surface area contributed by atoms with Crippen molar-refractivity contribution in [3.05, 3.63) is 64.7 Å². The van der Waals surface area contributed by atoms with E-state index in [9.17, 15) is 4.79 Å². The first-order valence-corrected chi connectivity index (χ1v) is 11.3. The van der Waals surface area contributed by atoms with Crippen LogP contribution in [0.3, 0.4) is 0 Å². The van der Waals surface area contributed by atoms with Gasteiger partial charge in [0.05, 0.1) is 16.8 Å². The Labute approximate surface area is 182 Å². The summed E-state index contributed by atoms with van der Waals surface area (Å²) < 4.78 is 0. The number of hydrogen-bond acceptors (Lipinski definition) is 2. The number of pyridine rings is 1. The summed E-state index contributed by atoms with van der Waals surface area (Å²) in [5, 5.41) is 4.92. The quantitative estimate of drug-likeness (QED) is 0.531. The van der Waals surface area contributed by atoms with Crippen molar-refractivity contribution < 1.29 is 4.79 Å². The Balaban J connectivity index is 1.54. The number of nitrogens with one attached hydrogen (secondary N) is 1. The fourth-order valence-corrected chi connectivity index (χ4v) is 6.00. The summed E-state index contributed by atoms with van der Waals surface area (Å²) in [4.78, 5) is 18.4. The molecule has 4 heteroatoms. The van der Waals surface area contributed by atoms with Crippen LogP contribution >= 0.6 is 11.6 Å². The number of halogens is 1. The van der Waals surface area contributed by atoms with E-state index in [4.69, 9.17) is 16.6 Å². The average molecular weight is 419 g/mol. The van der Waals surface area contributed by atoms with Gasteiger partial charge in [-0.2, -0.15) is 0 Å². The minimum absolute atomic E-state index is 0.00431. The van der Waals surface area contributed by atoms with Crippen LogP contribution in [0.25, 0.3) is 22.2 Å². The maximum Gasteiger partial charge on any atom is 0.252 e. The first-order chi connectivity index (χ1) is 14.5. The van der Waals surface area contributed by atoms with Gasteiger partial charge in [-0.1, -0.05) is 48.4 Å². The molecule has 2 fully saturated rings. The zero-order valence-corrected chi connectivity index (χ0v) is 18.2. The number of fused-ring (bicyclic) bond motifs is 3. The molecule has 3 nitrogen and oxygen atoms in total. The van der Waals surface area contributed by atoms with Crippen molar-refractivity contribution in [2.24, 2.45) is 17.8 Å². The van der Waals surface area contributed by atoms with Crippen molar-refractivity contribution in [1.82, 2.24) is 10.3 Å². The van der Waals surface area contributed by atoms with E-state index in [0.717, 1.165) is 45.1 Å². The Morgan fingerprint density at radius 3 is 2.70 bits per heavy atom. The van der Waals surface area contributed by atoms with Crippen LogP contribution in [0.15, 0.2) is 48.5 Å². The van der Waals surface area contributed by atoms with Gasteiger partial charge in [0.2, 0.25) is 0 Å². The number of hydrogen-bond donors (Lipinski definition) is 1. The lowest BCUT2D eigenvalue weighted by Gasteiger charge is -2.29. The molecule has 1 amide bonds. The largest absolute Gasteiger partial charge is 0.349 e. The number of carbonyl (C=O) groups is 1. The van der Waals surface area contributed by atoms with Crippen LogP contribution in [-0.4, -0.2) is 16.9 Å². The highest BCUT2D eigenvalue weighted by Crippen LogP contribution is 2.49. The highest BCUT2D eigenvalue weighted by molar-refractivity contribution is 6.30. The van der Waals surface area contributed by atoms with Crippen LogP contribution in [0.4, 0.5) is 0 Å². The van der Waals surface area contributed by atoms with Gasteiger partial charge < -0.3 is 5.32 Å². The Morgan fingerprint density at radius 2 is 1.97 bits per heavy atom. The standard InChI is InChI=1S/C26H27ClN2O/c1-15-24(26(30)28-16(2)22-13-17-10-11-18(22)12-17)21-8-3-4-9-23(21)29-25(15)19-6-5-7-20(27)14-19/h3-9,14,16-18,22H,10-13H2,1-2H3,(H,28,30)/t16-,17+,18+,22-/m1/s1. The third-order valence-electron chi connectivity index (χ3n) is 7.25. The molecule has 4 atom stereocenters. The molecule has 3 aromatic rings. The Morgan fingerprint density at radius 1 is 1.13 bits per heavy atom. The maximum atomic E-state index is 13.5. The minimum atomic E-state index is 0.00431. The molecular weight excluding hydrogens is 392 g/mol. The smallest absolute Gasteiger partial charge is 0.252 e. The molecule has 154 valence electrons. The summed E-state index contributed by atoms with van der Waals surface area (Å²) >= 11 is 6.23. The zero-order chi connectivity index (χ0) is 20.8. The fraction of sp³-hybridized carbons (Fsp3) is 0.385. The van der Waals surface area contributed by atoms with E-state index in [2.05, 4.69) is 12.2 Å². The summed E-state index contributed by atoms with van der Waals surface area (Å²) in [5.41, 5.74) is 4.20. The third-order valence-corrected chi connectivity index (χ3v) is 7.49. The number of aromatic nitrogens is 1. The van der Waals surface area contributed by atoms with Gasteiger partial charge >= 0.3 is 0 Å². The minimum Gasteiger partial charge on any atom is -0.349 e. The molecule has 0 spiro atoms. The lowest BCUT2D eigenvalue weighted by Crippen LogP contribution is -2.40. The fourth-order valence-electron chi connectivity index (χ4n) is 5.81. The van der Waals surface area contributed by atoms with Gasteiger partial charge in [0.15, 0.2) is 0 Å². The monoisotopic (exact) mass is 418 g/mol. The molecule has 2 aliphatic rings. The van der Waals surface area contributed by atoms with Crippen LogP contribution in [0.1, 0.15) is 48.5 Å². The molecule has 2 aromatic carbocycles. The predicted molar refractivity (Wildman–Crippen MR) is 123 cm³/mol. The predicted octanol–water partition coefficient (Wildman–Crippen LogP) is 6.42. The molecule has 1 aromatic heterocycles. The van der Waals surface area contributed by atoms with Crippen LogP contribution < -0.4 is 5.32 Å². The van der Waals surface area contributed by atoms with Crippen molar-refractivity contribution in [3.63, 3.8) is 0 Å². The van der Waals surface area contributed by atoms with Crippen molar-refractivity contribution in [2.75, 3.05) is 0 Å². The van der Waals surface area contributed by atoms with Crippen LogP contribution in [0.2, 0.25) is 5.02 Å². The number of benzene rings is 2. The Kier molecular flexibility index (Phi) is 5.02. The summed E-state index contributed by atoms with van der Waals surface area (Å²) in [5.74, 6) is 2.26. The van der Waals surface area contributed by atoms with E-state index < -0.39 is 0 Å². The Hall–Kier alpha value is -2.39. The van der Waals surface area contributed by atoms with Crippen LogP contribution in [-0.2, 0) is 0 Å². The van der Waals surface area contributed by atoms with Gasteiger partial charge in [-0.05, 0) is 74.6 Å². The van der Waals surface area contributed by atoms with Crippen molar-refractivity contribution in [2.45, 2.75) is 45.6 Å². The number of para-hydroxylation sites is 1. The molecule has 0 radical (unpaired) electrons. The molecule has 2 saturated carbocycles. The number of amides is 1. The summed E-state index contributed by atoms with van der Waals surface area (Å²) in [7, 11) is 0. The topological polar surface area (TPSA) is 42.0 Å². The van der Waals surface area contributed by atoms with Crippen molar-refractivity contribution in [3.8, 4) is 11.3 Å². The van der Waals surface area contributed by atoms with E-state index in [1.54, 1.807) is 0 Å². The molecule has 0 aliphatic heterocycles. The molecule has 0 unspecified atom stereocenters. The van der Waals surface area contributed by atoms with Gasteiger partial charge in [0.25, 0.3) is 5.91 Å². The van der Waals surface area contributed by atoms with E-state index >= 15 is 0 Å². The molecular formula is C26H27ClN2O. The lowest BCUT2D eigenvalue weighted by atomic mass is 9.84. The number of nitrogens with zero attached hydrogens (tertiary/aromatic N) is 1. The number of rotatable bonds is 4. The zero-order valence-electron chi connectivity index (χ0n) is 17.5. The highest BCUT2D eigenvalue weighted by atomic mass is 35.5. The van der Waals surface area contributed by atoms with Gasteiger partial charge in [0.1, 0.15) is 0 Å². The van der Waals surface area contributed by atoms with E-state index in [1.165, 1.54) is 25.7 Å². The summed E-state index contributed by atoms with van der Waals surface area (Å²) in [6.45, 7) is 4.17. The van der Waals surface area contributed by atoms with Gasteiger partial charge in [0, 0.05) is 22.0 Å². The second-order valence-corrected chi connectivity index (χ2v) is 9.53. The summed E-state index contributed by atoms with van der Waals surface area (Å²) in [6, 6.07) is 15.8. The van der Waals surface area contributed by atoms with E-state index in [-0.39, 0.29) is 11.9 Å². The molecule has 2 bridgehead atoms. The van der Waals surface area contributed by atoms with Gasteiger partial charge in [-0.3, -0.25) is 4.79 Å². The average Bonchev–Trinajstić information content (AvgIpc) is 3.37. The second kappa shape index (κ2) is 7.70.